The fraction of sp³-hybridized carbons (Fsp3) is 0.385. The first kappa shape index (κ1) is 21.5. The Kier molecular flexibility index (Phi) is 4.96. The molecule has 2 amide bonds. The molecule has 4 aliphatic rings. The molecular formula is C26H24FNO5. The van der Waals surface area contributed by atoms with Gasteiger partial charge >= 0.3 is 0 Å². The molecule has 1 saturated heterocycles. The zero-order chi connectivity index (χ0) is 23.6. The number of phenols is 1. The van der Waals surface area contributed by atoms with Gasteiger partial charge in [0.25, 0.3) is 0 Å². The summed E-state index contributed by atoms with van der Waals surface area (Å²) in [6.45, 7) is 3.81. The summed E-state index contributed by atoms with van der Waals surface area (Å²) >= 11 is 0. The van der Waals surface area contributed by atoms with Crippen LogP contribution in [0.5, 0.6) is 5.75 Å². The van der Waals surface area contributed by atoms with Crippen LogP contribution in [0.2, 0.25) is 0 Å². The van der Waals surface area contributed by atoms with Crippen LogP contribution in [-0.4, -0.2) is 39.9 Å². The minimum atomic E-state index is -0.848. The van der Waals surface area contributed by atoms with Crippen molar-refractivity contribution in [2.45, 2.75) is 39.0 Å². The molecule has 1 fully saturated rings. The summed E-state index contributed by atoms with van der Waals surface area (Å²) in [5.74, 6) is -4.95. The van der Waals surface area contributed by atoms with E-state index in [1.54, 1.807) is 6.92 Å². The highest BCUT2D eigenvalue weighted by Crippen LogP contribution is 2.56. The number of ketones is 2. The van der Waals surface area contributed by atoms with Crippen LogP contribution in [0.1, 0.15) is 44.6 Å². The van der Waals surface area contributed by atoms with E-state index in [2.05, 4.69) is 0 Å². The Balaban J connectivity index is 1.70. The topological polar surface area (TPSA) is 91.8 Å². The minimum Gasteiger partial charge on any atom is -0.505 e. The van der Waals surface area contributed by atoms with Crippen molar-refractivity contribution in [1.29, 1.82) is 0 Å². The zero-order valence-electron chi connectivity index (χ0n) is 18.4. The molecule has 1 aliphatic heterocycles. The fourth-order valence-electron chi connectivity index (χ4n) is 6.01. The molecule has 1 heterocycles. The maximum absolute atomic E-state index is 14.3. The normalized spacial score (nSPS) is 29.0. The maximum Gasteiger partial charge on any atom is 0.233 e. The molecule has 0 saturated carbocycles. The van der Waals surface area contributed by atoms with Crippen LogP contribution in [0.4, 0.5) is 4.39 Å². The van der Waals surface area contributed by atoms with E-state index in [4.69, 9.17) is 0 Å². The number of hydrogen-bond acceptors (Lipinski definition) is 5. The minimum absolute atomic E-state index is 0.170. The number of Topliss-reactive ketones (excluding diaryl/α,β-unsaturated/α-hetero) is 1. The summed E-state index contributed by atoms with van der Waals surface area (Å²) in [6.07, 6.45) is 4.28. The van der Waals surface area contributed by atoms with E-state index >= 15 is 0 Å². The summed E-state index contributed by atoms with van der Waals surface area (Å²) in [5.41, 5.74) is 1.72. The van der Waals surface area contributed by atoms with Gasteiger partial charge in [0.2, 0.25) is 11.8 Å². The number of benzene rings is 1. The summed E-state index contributed by atoms with van der Waals surface area (Å²) < 4.78 is 14.3. The van der Waals surface area contributed by atoms with Crippen molar-refractivity contribution in [3.63, 3.8) is 0 Å². The predicted octanol–water partition coefficient (Wildman–Crippen LogP) is 3.37. The number of nitrogens with zero attached hydrogens (tertiary/aromatic N) is 1. The van der Waals surface area contributed by atoms with E-state index in [0.717, 1.165) is 6.07 Å². The third-order valence-electron chi connectivity index (χ3n) is 7.43. The lowest BCUT2D eigenvalue weighted by Gasteiger charge is -2.42. The average molecular weight is 449 g/mol. The number of allylic oxidation sites excluding steroid dienone is 6. The quantitative estimate of drug-likeness (QED) is 0.434. The fourth-order valence-corrected chi connectivity index (χ4v) is 6.01. The van der Waals surface area contributed by atoms with Crippen molar-refractivity contribution in [2.24, 2.45) is 17.8 Å². The van der Waals surface area contributed by atoms with Gasteiger partial charge in [-0.25, -0.2) is 4.39 Å². The van der Waals surface area contributed by atoms with Crippen LogP contribution in [-0.2, 0) is 19.2 Å². The highest BCUT2D eigenvalue weighted by atomic mass is 19.1. The second-order valence-corrected chi connectivity index (χ2v) is 9.23. The van der Waals surface area contributed by atoms with Crippen molar-refractivity contribution >= 4 is 23.4 Å². The van der Waals surface area contributed by atoms with Gasteiger partial charge in [-0.3, -0.25) is 24.1 Å². The standard InChI is InChI=1S/C26H24FNO5/c1-3-9-28-25(32)15-8-7-13-16(21(15)26(28)33)11-17-22(19(29)10-12(2)23(17)30)20(13)14-5-4-6-18(27)24(14)31/h4-7,10,15-16,20-21,31H,3,8-9,11H2,1-2H3/t15-,16+,20+,21-/m0/s1. The van der Waals surface area contributed by atoms with Crippen LogP contribution >= 0.6 is 0 Å². The van der Waals surface area contributed by atoms with Crippen LogP contribution in [0.25, 0.3) is 0 Å². The first-order chi connectivity index (χ1) is 15.8. The molecule has 6 nitrogen and oxygen atoms in total. The van der Waals surface area contributed by atoms with Gasteiger partial charge in [0.1, 0.15) is 0 Å². The van der Waals surface area contributed by atoms with Crippen molar-refractivity contribution in [3.05, 3.63) is 64.0 Å². The molecule has 1 aromatic rings. The monoisotopic (exact) mass is 449 g/mol. The van der Waals surface area contributed by atoms with Gasteiger partial charge in [0.05, 0.1) is 11.8 Å². The Morgan fingerprint density at radius 3 is 2.61 bits per heavy atom. The number of amides is 2. The molecule has 4 atom stereocenters. The summed E-state index contributed by atoms with van der Waals surface area (Å²) in [4.78, 5) is 53.8. The zero-order valence-corrected chi connectivity index (χ0v) is 18.4. The van der Waals surface area contributed by atoms with Gasteiger partial charge in [0, 0.05) is 34.7 Å². The van der Waals surface area contributed by atoms with Crippen LogP contribution in [0.15, 0.2) is 52.6 Å². The molecule has 0 aromatic heterocycles. The molecule has 1 aromatic carbocycles. The Morgan fingerprint density at radius 1 is 1.12 bits per heavy atom. The highest BCUT2D eigenvalue weighted by Gasteiger charge is 2.56. The number of halogens is 1. The number of hydrogen-bond donors (Lipinski definition) is 1. The second kappa shape index (κ2) is 7.61. The van der Waals surface area contributed by atoms with Gasteiger partial charge in [0.15, 0.2) is 23.1 Å². The second-order valence-electron chi connectivity index (χ2n) is 9.23. The lowest BCUT2D eigenvalue weighted by molar-refractivity contribution is -0.140. The van der Waals surface area contributed by atoms with Crippen molar-refractivity contribution in [3.8, 4) is 5.75 Å². The molecule has 3 aliphatic carbocycles. The average Bonchev–Trinajstić information content (AvgIpc) is 3.03. The molecule has 0 spiro atoms. The Morgan fingerprint density at radius 2 is 1.88 bits per heavy atom. The number of fused-ring (bicyclic) bond motifs is 3. The van der Waals surface area contributed by atoms with E-state index in [9.17, 15) is 28.7 Å². The summed E-state index contributed by atoms with van der Waals surface area (Å²) in [5, 5.41) is 10.6. The van der Waals surface area contributed by atoms with Gasteiger partial charge in [-0.2, -0.15) is 0 Å². The van der Waals surface area contributed by atoms with Crippen LogP contribution < -0.4 is 0 Å². The van der Waals surface area contributed by atoms with E-state index in [1.807, 2.05) is 13.0 Å². The Bertz CT molecular complexity index is 1220. The molecule has 0 bridgehead atoms. The first-order valence-corrected chi connectivity index (χ1v) is 11.3. The third kappa shape index (κ3) is 2.98. The summed E-state index contributed by atoms with van der Waals surface area (Å²) in [6, 6.07) is 4.11. The van der Waals surface area contributed by atoms with Crippen LogP contribution in [0.3, 0.4) is 0 Å². The number of imide groups is 1. The smallest absolute Gasteiger partial charge is 0.233 e. The molecular weight excluding hydrogens is 425 g/mol. The number of carbonyl (C=O) groups is 4. The molecule has 5 rings (SSSR count). The SMILES string of the molecule is CCCN1C(=O)[C@H]2[C@H](CC=C3[C@H](c4cccc(F)c4O)C4=C(C[C@H]32)C(=O)C(C)=CC4=O)C1=O. The largest absolute Gasteiger partial charge is 0.505 e. The highest BCUT2D eigenvalue weighted by molar-refractivity contribution is 6.23. The van der Waals surface area contributed by atoms with Crippen LogP contribution in [0, 0.1) is 23.6 Å². The first-order valence-electron chi connectivity index (χ1n) is 11.3. The Hall–Kier alpha value is -3.35. The van der Waals surface area contributed by atoms with Crippen molar-refractivity contribution < 1.29 is 28.7 Å². The number of carbonyl (C=O) groups excluding carboxylic acids is 4. The number of likely N-dealkylation sites (tertiary alicyclic amines) is 1. The van der Waals surface area contributed by atoms with E-state index in [-0.39, 0.29) is 40.9 Å². The lowest BCUT2D eigenvalue weighted by Crippen LogP contribution is -2.39. The molecule has 7 heteroatoms. The maximum atomic E-state index is 14.3. The number of aromatic hydroxyl groups is 1. The Labute approximate surface area is 190 Å². The molecule has 0 radical (unpaired) electrons. The van der Waals surface area contributed by atoms with Gasteiger partial charge < -0.3 is 5.11 Å². The summed E-state index contributed by atoms with van der Waals surface area (Å²) in [7, 11) is 0. The van der Waals surface area contributed by atoms with Gasteiger partial charge in [-0.05, 0) is 44.2 Å². The lowest BCUT2D eigenvalue weighted by atomic mass is 9.59. The van der Waals surface area contributed by atoms with Crippen molar-refractivity contribution in [1.82, 2.24) is 4.90 Å². The van der Waals surface area contributed by atoms with E-state index in [0.29, 0.717) is 36.1 Å². The van der Waals surface area contributed by atoms with E-state index < -0.39 is 35.2 Å². The van der Waals surface area contributed by atoms with Gasteiger partial charge in [-0.15, -0.1) is 0 Å². The molecule has 1 N–H and O–H groups in total. The van der Waals surface area contributed by atoms with E-state index in [1.165, 1.54) is 23.1 Å². The van der Waals surface area contributed by atoms with Crippen molar-refractivity contribution in [2.75, 3.05) is 6.54 Å². The third-order valence-corrected chi connectivity index (χ3v) is 7.43. The number of phenolic OH excluding ortho intramolecular Hbond substituents is 1. The molecule has 0 unspecified atom stereocenters. The number of rotatable bonds is 3. The molecule has 170 valence electrons. The number of para-hydroxylation sites is 1. The van der Waals surface area contributed by atoms with Gasteiger partial charge in [-0.1, -0.05) is 30.7 Å². The predicted molar refractivity (Wildman–Crippen MR) is 116 cm³/mol. The molecule has 33 heavy (non-hydrogen) atoms.